The summed E-state index contributed by atoms with van der Waals surface area (Å²) in [4.78, 5) is 12.3. The molecule has 4 rings (SSSR count). The van der Waals surface area contributed by atoms with Crippen LogP contribution in [0.2, 0.25) is 0 Å². The fourth-order valence-electron chi connectivity index (χ4n) is 3.57. The van der Waals surface area contributed by atoms with Crippen LogP contribution in [0, 0.1) is 0 Å². The van der Waals surface area contributed by atoms with E-state index < -0.39 is 0 Å². The molecule has 0 aliphatic carbocycles. The van der Waals surface area contributed by atoms with Gasteiger partial charge >= 0.3 is 0 Å². The summed E-state index contributed by atoms with van der Waals surface area (Å²) in [7, 11) is 7.04. The molecule has 0 radical (unpaired) electrons. The third-order valence-electron chi connectivity index (χ3n) is 5.30. The Morgan fingerprint density at radius 1 is 0.903 bits per heavy atom. The van der Waals surface area contributed by atoms with Gasteiger partial charge in [0.05, 0.1) is 26.7 Å². The standard InChI is InChI=1S/C24H25N3O3S/c1-27(12-11-16-5-10-20(29-3)21(13-16)30-4)23-22-19(14-31-24(22)26-15-25-23)17-6-8-18(28-2)9-7-17/h5-10,13-15H,11-12H2,1-4H3. The summed E-state index contributed by atoms with van der Waals surface area (Å²) in [5.41, 5.74) is 3.43. The van der Waals surface area contributed by atoms with Gasteiger partial charge in [-0.2, -0.15) is 0 Å². The number of hydrogen-bond donors (Lipinski definition) is 0. The zero-order valence-corrected chi connectivity index (χ0v) is 18.9. The summed E-state index contributed by atoms with van der Waals surface area (Å²) >= 11 is 1.63. The number of thiophene rings is 1. The highest BCUT2D eigenvalue weighted by molar-refractivity contribution is 7.17. The first-order valence-corrected chi connectivity index (χ1v) is 10.8. The van der Waals surface area contributed by atoms with Crippen molar-refractivity contribution >= 4 is 27.4 Å². The monoisotopic (exact) mass is 435 g/mol. The fourth-order valence-corrected chi connectivity index (χ4v) is 4.48. The van der Waals surface area contributed by atoms with E-state index in [0.29, 0.717) is 0 Å². The highest BCUT2D eigenvalue weighted by atomic mass is 32.1. The Kier molecular flexibility index (Phi) is 6.23. The molecule has 0 amide bonds. The second kappa shape index (κ2) is 9.22. The zero-order chi connectivity index (χ0) is 21.8. The maximum atomic E-state index is 5.43. The third-order valence-corrected chi connectivity index (χ3v) is 6.18. The molecule has 6 nitrogen and oxygen atoms in total. The van der Waals surface area contributed by atoms with Gasteiger partial charge in [-0.15, -0.1) is 11.3 Å². The molecule has 0 aliphatic rings. The van der Waals surface area contributed by atoms with E-state index in [2.05, 4.69) is 45.5 Å². The minimum absolute atomic E-state index is 0.736. The van der Waals surface area contributed by atoms with Crippen molar-refractivity contribution < 1.29 is 14.2 Å². The molecule has 0 saturated carbocycles. The number of aromatic nitrogens is 2. The molecular weight excluding hydrogens is 410 g/mol. The lowest BCUT2D eigenvalue weighted by Crippen LogP contribution is -2.21. The van der Waals surface area contributed by atoms with Crippen molar-refractivity contribution in [3.05, 3.63) is 59.7 Å². The van der Waals surface area contributed by atoms with Crippen molar-refractivity contribution in [2.45, 2.75) is 6.42 Å². The molecule has 0 aliphatic heterocycles. The van der Waals surface area contributed by atoms with Crippen LogP contribution in [-0.4, -0.2) is 44.9 Å². The Morgan fingerprint density at radius 3 is 2.39 bits per heavy atom. The molecule has 0 atom stereocenters. The molecule has 0 fully saturated rings. The second-order valence-electron chi connectivity index (χ2n) is 7.12. The summed E-state index contributed by atoms with van der Waals surface area (Å²) in [6.07, 6.45) is 2.49. The molecule has 2 aromatic carbocycles. The molecule has 160 valence electrons. The molecule has 4 aromatic rings. The van der Waals surface area contributed by atoms with E-state index in [0.717, 1.165) is 57.4 Å². The minimum Gasteiger partial charge on any atom is -0.497 e. The van der Waals surface area contributed by atoms with Crippen molar-refractivity contribution in [2.24, 2.45) is 0 Å². The van der Waals surface area contributed by atoms with Crippen molar-refractivity contribution in [1.82, 2.24) is 9.97 Å². The average molecular weight is 436 g/mol. The van der Waals surface area contributed by atoms with Gasteiger partial charge in [0.2, 0.25) is 0 Å². The maximum Gasteiger partial charge on any atom is 0.160 e. The zero-order valence-electron chi connectivity index (χ0n) is 18.1. The van der Waals surface area contributed by atoms with Crippen LogP contribution in [0.15, 0.2) is 54.2 Å². The predicted octanol–water partition coefficient (Wildman–Crippen LogP) is 5.06. The first-order valence-electron chi connectivity index (χ1n) is 9.93. The first kappa shape index (κ1) is 20.9. The third kappa shape index (κ3) is 4.27. The molecule has 0 bridgehead atoms. The highest BCUT2D eigenvalue weighted by Crippen LogP contribution is 2.38. The number of anilines is 1. The summed E-state index contributed by atoms with van der Waals surface area (Å²) in [5, 5.41) is 3.22. The Bertz CT molecular complexity index is 1170. The van der Waals surface area contributed by atoms with E-state index in [9.17, 15) is 0 Å². The molecule has 0 saturated heterocycles. The molecule has 2 aromatic heterocycles. The van der Waals surface area contributed by atoms with E-state index >= 15 is 0 Å². The van der Waals surface area contributed by atoms with Gasteiger partial charge in [-0.25, -0.2) is 9.97 Å². The number of rotatable bonds is 8. The van der Waals surface area contributed by atoms with Crippen molar-refractivity contribution in [1.29, 1.82) is 0 Å². The smallest absolute Gasteiger partial charge is 0.160 e. The Morgan fingerprint density at radius 2 is 1.68 bits per heavy atom. The van der Waals surface area contributed by atoms with E-state index in [4.69, 9.17) is 14.2 Å². The second-order valence-corrected chi connectivity index (χ2v) is 7.97. The van der Waals surface area contributed by atoms with Crippen LogP contribution in [0.5, 0.6) is 17.2 Å². The van der Waals surface area contributed by atoms with E-state index in [1.807, 2.05) is 24.3 Å². The van der Waals surface area contributed by atoms with Crippen LogP contribution in [0.25, 0.3) is 21.3 Å². The number of likely N-dealkylation sites (N-methyl/N-ethyl adjacent to an activating group) is 1. The van der Waals surface area contributed by atoms with Gasteiger partial charge in [-0.3, -0.25) is 0 Å². The lowest BCUT2D eigenvalue weighted by molar-refractivity contribution is 0.354. The quantitative estimate of drug-likeness (QED) is 0.385. The number of benzene rings is 2. The van der Waals surface area contributed by atoms with E-state index in [1.165, 1.54) is 5.56 Å². The van der Waals surface area contributed by atoms with Gasteiger partial charge in [0.15, 0.2) is 11.5 Å². The van der Waals surface area contributed by atoms with Crippen LogP contribution < -0.4 is 19.1 Å². The van der Waals surface area contributed by atoms with Gasteiger partial charge in [-0.1, -0.05) is 18.2 Å². The van der Waals surface area contributed by atoms with E-state index in [-0.39, 0.29) is 0 Å². The molecular formula is C24H25N3O3S. The van der Waals surface area contributed by atoms with Crippen molar-refractivity contribution in [2.75, 3.05) is 39.8 Å². The summed E-state index contributed by atoms with van der Waals surface area (Å²) < 4.78 is 16.1. The normalized spacial score (nSPS) is 10.8. The molecule has 0 unspecified atom stereocenters. The van der Waals surface area contributed by atoms with Gasteiger partial charge in [0, 0.05) is 24.5 Å². The Labute approximate surface area is 186 Å². The molecule has 31 heavy (non-hydrogen) atoms. The van der Waals surface area contributed by atoms with Gasteiger partial charge < -0.3 is 19.1 Å². The summed E-state index contributed by atoms with van der Waals surface area (Å²) in [6.45, 7) is 0.805. The van der Waals surface area contributed by atoms with Gasteiger partial charge in [0.1, 0.15) is 22.7 Å². The summed E-state index contributed by atoms with van der Waals surface area (Å²) in [6, 6.07) is 14.1. The SMILES string of the molecule is COc1ccc(-c2csc3ncnc(N(C)CCc4ccc(OC)c(OC)c4)c23)cc1. The molecule has 0 N–H and O–H groups in total. The van der Waals surface area contributed by atoms with Crippen LogP contribution in [0.1, 0.15) is 5.56 Å². The number of hydrogen-bond acceptors (Lipinski definition) is 7. The van der Waals surface area contributed by atoms with Crippen LogP contribution >= 0.6 is 11.3 Å². The lowest BCUT2D eigenvalue weighted by atomic mass is 10.1. The number of nitrogens with zero attached hydrogens (tertiary/aromatic N) is 3. The molecule has 2 heterocycles. The van der Waals surface area contributed by atoms with Crippen molar-refractivity contribution in [3.8, 4) is 28.4 Å². The number of ether oxygens (including phenoxy) is 3. The Hall–Kier alpha value is -3.32. The number of methoxy groups -OCH3 is 3. The fraction of sp³-hybridized carbons (Fsp3) is 0.250. The average Bonchev–Trinajstić information content (AvgIpc) is 3.26. The minimum atomic E-state index is 0.736. The van der Waals surface area contributed by atoms with Gasteiger partial charge in [-0.05, 0) is 41.8 Å². The van der Waals surface area contributed by atoms with Crippen molar-refractivity contribution in [3.63, 3.8) is 0 Å². The van der Waals surface area contributed by atoms with Crippen LogP contribution in [0.4, 0.5) is 5.82 Å². The van der Waals surface area contributed by atoms with E-state index in [1.54, 1.807) is 39.0 Å². The first-order chi connectivity index (χ1) is 15.1. The largest absolute Gasteiger partial charge is 0.497 e. The molecule has 7 heteroatoms. The highest BCUT2D eigenvalue weighted by Gasteiger charge is 2.16. The predicted molar refractivity (Wildman–Crippen MR) is 126 cm³/mol. The van der Waals surface area contributed by atoms with Gasteiger partial charge in [0.25, 0.3) is 0 Å². The molecule has 0 spiro atoms. The van der Waals surface area contributed by atoms with Crippen LogP contribution in [-0.2, 0) is 6.42 Å². The number of fused-ring (bicyclic) bond motifs is 1. The Balaban J connectivity index is 1.61. The topological polar surface area (TPSA) is 56.7 Å². The van der Waals surface area contributed by atoms with Crippen LogP contribution in [0.3, 0.4) is 0 Å². The lowest BCUT2D eigenvalue weighted by Gasteiger charge is -2.20. The summed E-state index contributed by atoms with van der Waals surface area (Å²) in [5.74, 6) is 3.25. The maximum absolute atomic E-state index is 5.43.